The SMILES string of the molecule is CCOC(=O)C(N)Cc1c(C)nc2ccccn12. The summed E-state index contributed by atoms with van der Waals surface area (Å²) in [4.78, 5) is 16.0. The van der Waals surface area contributed by atoms with Crippen LogP contribution in [-0.2, 0) is 16.0 Å². The summed E-state index contributed by atoms with van der Waals surface area (Å²) in [5.41, 5.74) is 8.54. The summed E-state index contributed by atoms with van der Waals surface area (Å²) in [7, 11) is 0. The molecule has 0 aliphatic carbocycles. The molecule has 2 aromatic heterocycles. The minimum absolute atomic E-state index is 0.346. The van der Waals surface area contributed by atoms with Gasteiger partial charge in [-0.15, -0.1) is 0 Å². The van der Waals surface area contributed by atoms with Crippen LogP contribution in [0.5, 0.6) is 0 Å². The molecule has 0 saturated carbocycles. The largest absolute Gasteiger partial charge is 0.465 e. The number of esters is 1. The Bertz CT molecular complexity index is 562. The smallest absolute Gasteiger partial charge is 0.323 e. The standard InChI is InChI=1S/C13H17N3O2/c1-3-18-13(17)10(14)8-11-9(2)15-12-6-4-5-7-16(11)12/h4-7,10H,3,8,14H2,1-2H3. The second-order valence-corrected chi connectivity index (χ2v) is 4.14. The number of carbonyl (C=O) groups is 1. The van der Waals surface area contributed by atoms with E-state index in [9.17, 15) is 4.79 Å². The summed E-state index contributed by atoms with van der Waals surface area (Å²) in [5, 5.41) is 0. The van der Waals surface area contributed by atoms with Crippen LogP contribution in [0.15, 0.2) is 24.4 Å². The van der Waals surface area contributed by atoms with Gasteiger partial charge >= 0.3 is 5.97 Å². The molecule has 0 amide bonds. The van der Waals surface area contributed by atoms with Gasteiger partial charge in [0.15, 0.2) is 0 Å². The Labute approximate surface area is 106 Å². The molecule has 0 spiro atoms. The lowest BCUT2D eigenvalue weighted by Crippen LogP contribution is -2.34. The fourth-order valence-corrected chi connectivity index (χ4v) is 1.95. The number of imidazole rings is 1. The number of ether oxygens (including phenoxy) is 1. The monoisotopic (exact) mass is 247 g/mol. The molecule has 2 rings (SSSR count). The lowest BCUT2D eigenvalue weighted by Gasteiger charge is -2.10. The van der Waals surface area contributed by atoms with Crippen molar-refractivity contribution < 1.29 is 9.53 Å². The fraction of sp³-hybridized carbons (Fsp3) is 0.385. The molecular formula is C13H17N3O2. The van der Waals surface area contributed by atoms with Gasteiger partial charge in [0.1, 0.15) is 11.7 Å². The number of nitrogens with two attached hydrogens (primary N) is 1. The van der Waals surface area contributed by atoms with Gasteiger partial charge < -0.3 is 14.9 Å². The summed E-state index contributed by atoms with van der Waals surface area (Å²) < 4.78 is 6.86. The van der Waals surface area contributed by atoms with Crippen molar-refractivity contribution in [2.45, 2.75) is 26.3 Å². The number of aryl methyl sites for hydroxylation is 1. The lowest BCUT2D eigenvalue weighted by atomic mass is 10.1. The van der Waals surface area contributed by atoms with E-state index in [1.165, 1.54) is 0 Å². The first kappa shape index (κ1) is 12.6. The van der Waals surface area contributed by atoms with Crippen LogP contribution in [0.3, 0.4) is 0 Å². The maximum atomic E-state index is 11.5. The van der Waals surface area contributed by atoms with E-state index >= 15 is 0 Å². The van der Waals surface area contributed by atoms with Gasteiger partial charge in [-0.3, -0.25) is 4.79 Å². The van der Waals surface area contributed by atoms with Crippen LogP contribution < -0.4 is 5.73 Å². The molecule has 2 aromatic rings. The first-order valence-electron chi connectivity index (χ1n) is 5.98. The van der Waals surface area contributed by atoms with Crippen molar-refractivity contribution in [1.29, 1.82) is 0 Å². The van der Waals surface area contributed by atoms with E-state index in [0.29, 0.717) is 13.0 Å². The van der Waals surface area contributed by atoms with Crippen LogP contribution in [0.4, 0.5) is 0 Å². The number of fused-ring (bicyclic) bond motifs is 1. The maximum Gasteiger partial charge on any atom is 0.323 e. The molecule has 5 nitrogen and oxygen atoms in total. The van der Waals surface area contributed by atoms with Crippen molar-refractivity contribution in [2.24, 2.45) is 5.73 Å². The van der Waals surface area contributed by atoms with Crippen LogP contribution in [0.2, 0.25) is 0 Å². The Balaban J connectivity index is 2.26. The number of hydrogen-bond donors (Lipinski definition) is 1. The summed E-state index contributed by atoms with van der Waals surface area (Å²) in [5.74, 6) is -0.372. The van der Waals surface area contributed by atoms with Crippen LogP contribution >= 0.6 is 0 Å². The first-order valence-corrected chi connectivity index (χ1v) is 5.98. The Morgan fingerprint density at radius 2 is 2.33 bits per heavy atom. The van der Waals surface area contributed by atoms with Gasteiger partial charge in [0, 0.05) is 18.3 Å². The van der Waals surface area contributed by atoms with Gasteiger partial charge in [-0.2, -0.15) is 0 Å². The van der Waals surface area contributed by atoms with Crippen molar-refractivity contribution in [1.82, 2.24) is 9.38 Å². The van der Waals surface area contributed by atoms with E-state index < -0.39 is 6.04 Å². The molecule has 1 unspecified atom stereocenters. The quantitative estimate of drug-likeness (QED) is 0.821. The minimum atomic E-state index is -0.649. The molecule has 0 bridgehead atoms. The van der Waals surface area contributed by atoms with Crippen molar-refractivity contribution in [3.05, 3.63) is 35.8 Å². The molecule has 0 aliphatic heterocycles. The van der Waals surface area contributed by atoms with E-state index in [4.69, 9.17) is 10.5 Å². The van der Waals surface area contributed by atoms with Gasteiger partial charge in [0.05, 0.1) is 12.3 Å². The molecule has 1 atom stereocenters. The zero-order valence-electron chi connectivity index (χ0n) is 10.6. The van der Waals surface area contributed by atoms with Gasteiger partial charge in [-0.25, -0.2) is 4.98 Å². The van der Waals surface area contributed by atoms with Crippen LogP contribution in [0, 0.1) is 6.92 Å². The predicted octanol–water partition coefficient (Wildman–Crippen LogP) is 1.08. The highest BCUT2D eigenvalue weighted by Gasteiger charge is 2.19. The second kappa shape index (κ2) is 5.18. The minimum Gasteiger partial charge on any atom is -0.465 e. The number of hydrogen-bond acceptors (Lipinski definition) is 4. The number of pyridine rings is 1. The third-order valence-electron chi connectivity index (χ3n) is 2.83. The molecule has 2 N–H and O–H groups in total. The molecule has 0 aromatic carbocycles. The fourth-order valence-electron chi connectivity index (χ4n) is 1.95. The highest BCUT2D eigenvalue weighted by Crippen LogP contribution is 2.13. The third-order valence-corrected chi connectivity index (χ3v) is 2.83. The van der Waals surface area contributed by atoms with Crippen LogP contribution in [0.1, 0.15) is 18.3 Å². The predicted molar refractivity (Wildman–Crippen MR) is 68.2 cm³/mol. The zero-order chi connectivity index (χ0) is 13.1. The number of rotatable bonds is 4. The topological polar surface area (TPSA) is 69.6 Å². The molecule has 0 radical (unpaired) electrons. The van der Waals surface area contributed by atoms with Gasteiger partial charge in [-0.05, 0) is 26.0 Å². The third kappa shape index (κ3) is 2.36. The van der Waals surface area contributed by atoms with E-state index in [1.54, 1.807) is 6.92 Å². The van der Waals surface area contributed by atoms with Gasteiger partial charge in [-0.1, -0.05) is 6.07 Å². The Morgan fingerprint density at radius 3 is 3.06 bits per heavy atom. The normalized spacial score (nSPS) is 12.6. The Morgan fingerprint density at radius 1 is 1.56 bits per heavy atom. The van der Waals surface area contributed by atoms with Crippen molar-refractivity contribution >= 4 is 11.6 Å². The lowest BCUT2D eigenvalue weighted by molar-refractivity contribution is -0.144. The van der Waals surface area contributed by atoms with Gasteiger partial charge in [0.25, 0.3) is 0 Å². The van der Waals surface area contributed by atoms with Crippen LogP contribution in [-0.4, -0.2) is 28.0 Å². The van der Waals surface area contributed by atoms with Crippen molar-refractivity contribution in [3.63, 3.8) is 0 Å². The second-order valence-electron chi connectivity index (χ2n) is 4.14. The molecule has 2 heterocycles. The summed E-state index contributed by atoms with van der Waals surface area (Å²) in [6, 6.07) is 5.13. The van der Waals surface area contributed by atoms with E-state index in [2.05, 4.69) is 4.98 Å². The molecule has 0 aliphatic rings. The molecule has 5 heteroatoms. The summed E-state index contributed by atoms with van der Waals surface area (Å²) in [6.45, 7) is 4.03. The highest BCUT2D eigenvalue weighted by molar-refractivity contribution is 5.75. The summed E-state index contributed by atoms with van der Waals surface area (Å²) in [6.07, 6.45) is 2.35. The maximum absolute atomic E-state index is 11.5. The number of aromatic nitrogens is 2. The van der Waals surface area contributed by atoms with Crippen molar-refractivity contribution in [3.8, 4) is 0 Å². The first-order chi connectivity index (χ1) is 8.63. The molecule has 18 heavy (non-hydrogen) atoms. The van der Waals surface area contributed by atoms with E-state index in [0.717, 1.165) is 17.0 Å². The molecule has 0 fully saturated rings. The zero-order valence-corrected chi connectivity index (χ0v) is 10.6. The molecular weight excluding hydrogens is 230 g/mol. The highest BCUT2D eigenvalue weighted by atomic mass is 16.5. The Hall–Kier alpha value is -1.88. The van der Waals surface area contributed by atoms with Crippen LogP contribution in [0.25, 0.3) is 5.65 Å². The van der Waals surface area contributed by atoms with E-state index in [1.807, 2.05) is 35.7 Å². The van der Waals surface area contributed by atoms with E-state index in [-0.39, 0.29) is 5.97 Å². The molecule has 0 saturated heterocycles. The molecule has 96 valence electrons. The summed E-state index contributed by atoms with van der Waals surface area (Å²) >= 11 is 0. The average Bonchev–Trinajstić information content (AvgIpc) is 2.66. The van der Waals surface area contributed by atoms with Gasteiger partial charge in [0.2, 0.25) is 0 Å². The van der Waals surface area contributed by atoms with Crippen molar-refractivity contribution in [2.75, 3.05) is 6.61 Å². The Kier molecular flexibility index (Phi) is 3.62. The number of carbonyl (C=O) groups excluding carboxylic acids is 1. The average molecular weight is 247 g/mol. The number of nitrogens with zero attached hydrogens (tertiary/aromatic N) is 2.